The Labute approximate surface area is 123 Å². The van der Waals surface area contributed by atoms with Gasteiger partial charge in [-0.05, 0) is 48.2 Å². The van der Waals surface area contributed by atoms with Crippen molar-refractivity contribution in [3.8, 4) is 5.69 Å². The topological polar surface area (TPSA) is 46.8 Å². The third-order valence-corrected chi connectivity index (χ3v) is 4.28. The first kappa shape index (κ1) is 13.4. The molecule has 5 nitrogen and oxygen atoms in total. The Kier molecular flexibility index (Phi) is 3.87. The van der Waals surface area contributed by atoms with E-state index in [1.165, 1.54) is 0 Å². The van der Waals surface area contributed by atoms with E-state index in [0.717, 1.165) is 37.6 Å². The lowest BCUT2D eigenvalue weighted by Gasteiger charge is -2.33. The van der Waals surface area contributed by atoms with Gasteiger partial charge < -0.3 is 4.90 Å². The maximum Gasteiger partial charge on any atom is 0.250 e. The van der Waals surface area contributed by atoms with Crippen LogP contribution in [0.2, 0.25) is 0 Å². The molecule has 0 aliphatic carbocycles. The summed E-state index contributed by atoms with van der Waals surface area (Å²) < 4.78 is 1.80. The molecule has 0 saturated carbocycles. The monoisotopic (exact) mass is 291 g/mol. The number of hydrogen-bond donors (Lipinski definition) is 0. The lowest BCUT2D eigenvalue weighted by Crippen LogP contribution is -2.37. The molecule has 0 N–H and O–H groups in total. The van der Waals surface area contributed by atoms with Gasteiger partial charge in [-0.15, -0.1) is 11.6 Å². The molecule has 2 heterocycles. The minimum absolute atomic E-state index is 0.238. The normalized spacial score (nSPS) is 18.2. The molecule has 20 heavy (non-hydrogen) atoms. The van der Waals surface area contributed by atoms with E-state index in [2.05, 4.69) is 27.3 Å². The fraction of sp³-hybridized carbons (Fsp3) is 0.500. The number of para-hydroxylation sites is 1. The average molecular weight is 292 g/mol. The molecular formula is C14H18ClN5. The zero-order valence-electron chi connectivity index (χ0n) is 11.5. The van der Waals surface area contributed by atoms with Gasteiger partial charge in [0.05, 0.1) is 5.69 Å². The van der Waals surface area contributed by atoms with E-state index in [1.54, 1.807) is 4.68 Å². The van der Waals surface area contributed by atoms with E-state index >= 15 is 0 Å². The SMILES string of the molecule is CC(Cl)C1CCN(c2nnnn2-c2ccccc2)CC1. The first-order chi connectivity index (χ1) is 9.75. The van der Waals surface area contributed by atoms with Gasteiger partial charge in [0.2, 0.25) is 5.95 Å². The van der Waals surface area contributed by atoms with Crippen LogP contribution < -0.4 is 4.90 Å². The molecule has 6 heteroatoms. The van der Waals surface area contributed by atoms with Crippen molar-refractivity contribution in [2.45, 2.75) is 25.1 Å². The highest BCUT2D eigenvalue weighted by Crippen LogP contribution is 2.26. The van der Waals surface area contributed by atoms with Crippen molar-refractivity contribution in [1.29, 1.82) is 0 Å². The number of hydrogen-bond acceptors (Lipinski definition) is 4. The highest BCUT2D eigenvalue weighted by molar-refractivity contribution is 6.20. The highest BCUT2D eigenvalue weighted by atomic mass is 35.5. The molecule has 3 rings (SSSR count). The summed E-state index contributed by atoms with van der Waals surface area (Å²) >= 11 is 6.19. The van der Waals surface area contributed by atoms with E-state index in [-0.39, 0.29) is 5.38 Å². The predicted octanol–water partition coefficient (Wildman–Crippen LogP) is 2.51. The van der Waals surface area contributed by atoms with Crippen LogP contribution >= 0.6 is 11.6 Å². The molecule has 1 aromatic heterocycles. The van der Waals surface area contributed by atoms with Gasteiger partial charge >= 0.3 is 0 Å². The predicted molar refractivity (Wildman–Crippen MR) is 79.4 cm³/mol. The number of anilines is 1. The molecule has 106 valence electrons. The third kappa shape index (κ3) is 2.63. The van der Waals surface area contributed by atoms with Crippen molar-refractivity contribution in [3.05, 3.63) is 30.3 Å². The van der Waals surface area contributed by atoms with Crippen molar-refractivity contribution >= 4 is 17.5 Å². The van der Waals surface area contributed by atoms with Crippen LogP contribution in [0.15, 0.2) is 30.3 Å². The summed E-state index contributed by atoms with van der Waals surface area (Å²) in [6, 6.07) is 9.98. The summed E-state index contributed by atoms with van der Waals surface area (Å²) in [5.74, 6) is 1.41. The largest absolute Gasteiger partial charge is 0.339 e. The number of benzene rings is 1. The van der Waals surface area contributed by atoms with Gasteiger partial charge in [0.25, 0.3) is 0 Å². The Morgan fingerprint density at radius 1 is 1.20 bits per heavy atom. The second-order valence-electron chi connectivity index (χ2n) is 5.23. The zero-order valence-corrected chi connectivity index (χ0v) is 12.2. The van der Waals surface area contributed by atoms with Crippen molar-refractivity contribution in [1.82, 2.24) is 20.2 Å². The number of nitrogens with zero attached hydrogens (tertiary/aromatic N) is 5. The molecule has 1 saturated heterocycles. The van der Waals surface area contributed by atoms with Crippen LogP contribution in [0.3, 0.4) is 0 Å². The van der Waals surface area contributed by atoms with Crippen LogP contribution in [-0.2, 0) is 0 Å². The summed E-state index contributed by atoms with van der Waals surface area (Å²) in [6.07, 6.45) is 2.18. The molecule has 0 amide bonds. The second-order valence-corrected chi connectivity index (χ2v) is 5.92. The Morgan fingerprint density at radius 2 is 1.90 bits per heavy atom. The highest BCUT2D eigenvalue weighted by Gasteiger charge is 2.25. The van der Waals surface area contributed by atoms with Crippen LogP contribution in [0.1, 0.15) is 19.8 Å². The van der Waals surface area contributed by atoms with Crippen LogP contribution in [-0.4, -0.2) is 38.7 Å². The molecule has 1 aromatic carbocycles. The maximum absolute atomic E-state index is 6.19. The van der Waals surface area contributed by atoms with Gasteiger partial charge in [-0.25, -0.2) is 0 Å². The van der Waals surface area contributed by atoms with Gasteiger partial charge in [0, 0.05) is 18.5 Å². The van der Waals surface area contributed by atoms with Crippen molar-refractivity contribution in [2.24, 2.45) is 5.92 Å². The van der Waals surface area contributed by atoms with E-state index in [1.807, 2.05) is 30.3 Å². The molecule has 1 unspecified atom stereocenters. The van der Waals surface area contributed by atoms with Gasteiger partial charge in [0.1, 0.15) is 0 Å². The smallest absolute Gasteiger partial charge is 0.250 e. The third-order valence-electron chi connectivity index (χ3n) is 3.93. The lowest BCUT2D eigenvalue weighted by atomic mass is 9.94. The molecule has 0 bridgehead atoms. The van der Waals surface area contributed by atoms with Gasteiger partial charge in [-0.3, -0.25) is 0 Å². The molecule has 1 aliphatic heterocycles. The number of tetrazole rings is 1. The minimum Gasteiger partial charge on any atom is -0.339 e. The van der Waals surface area contributed by atoms with Crippen LogP contribution in [0, 0.1) is 5.92 Å². The summed E-state index contributed by atoms with van der Waals surface area (Å²) in [5.41, 5.74) is 0.986. The molecule has 0 spiro atoms. The maximum atomic E-state index is 6.19. The van der Waals surface area contributed by atoms with E-state index in [0.29, 0.717) is 5.92 Å². The molecule has 1 atom stereocenters. The Bertz CT molecular complexity index is 546. The summed E-state index contributed by atoms with van der Waals surface area (Å²) in [7, 11) is 0. The van der Waals surface area contributed by atoms with E-state index < -0.39 is 0 Å². The first-order valence-electron chi connectivity index (χ1n) is 6.98. The van der Waals surface area contributed by atoms with Gasteiger partial charge in [-0.2, -0.15) is 4.68 Å². The minimum atomic E-state index is 0.238. The van der Waals surface area contributed by atoms with Crippen molar-refractivity contribution < 1.29 is 0 Å². The van der Waals surface area contributed by atoms with Crippen LogP contribution in [0.4, 0.5) is 5.95 Å². The van der Waals surface area contributed by atoms with Crippen molar-refractivity contribution in [2.75, 3.05) is 18.0 Å². The fourth-order valence-electron chi connectivity index (χ4n) is 2.67. The molecule has 1 aliphatic rings. The molecular weight excluding hydrogens is 274 g/mol. The quantitative estimate of drug-likeness (QED) is 0.815. The standard InChI is InChI=1S/C14H18ClN5/c1-11(15)12-7-9-19(10-8-12)14-16-17-18-20(14)13-5-3-2-4-6-13/h2-6,11-12H,7-10H2,1H3. The summed E-state index contributed by atoms with van der Waals surface area (Å²) in [4.78, 5) is 2.24. The zero-order chi connectivity index (χ0) is 13.9. The number of rotatable bonds is 3. The lowest BCUT2D eigenvalue weighted by molar-refractivity contribution is 0.396. The molecule has 0 radical (unpaired) electrons. The average Bonchev–Trinajstić information content (AvgIpc) is 2.97. The molecule has 1 fully saturated rings. The Hall–Kier alpha value is -1.62. The number of halogens is 1. The summed E-state index contributed by atoms with van der Waals surface area (Å²) in [5, 5.41) is 12.3. The van der Waals surface area contributed by atoms with Crippen LogP contribution in [0.25, 0.3) is 5.69 Å². The van der Waals surface area contributed by atoms with E-state index in [9.17, 15) is 0 Å². The Balaban J connectivity index is 1.78. The number of alkyl halides is 1. The van der Waals surface area contributed by atoms with Gasteiger partial charge in [-0.1, -0.05) is 23.3 Å². The van der Waals surface area contributed by atoms with E-state index in [4.69, 9.17) is 11.6 Å². The second kappa shape index (κ2) is 5.79. The van der Waals surface area contributed by atoms with Crippen molar-refractivity contribution in [3.63, 3.8) is 0 Å². The summed E-state index contributed by atoms with van der Waals surface area (Å²) in [6.45, 7) is 3.99. The van der Waals surface area contributed by atoms with Gasteiger partial charge in [0.15, 0.2) is 0 Å². The number of piperidine rings is 1. The van der Waals surface area contributed by atoms with Crippen LogP contribution in [0.5, 0.6) is 0 Å². The molecule has 2 aromatic rings. The first-order valence-corrected chi connectivity index (χ1v) is 7.42. The Morgan fingerprint density at radius 3 is 2.55 bits per heavy atom. The number of aromatic nitrogens is 4. The fourth-order valence-corrected chi connectivity index (χ4v) is 2.93.